The van der Waals surface area contributed by atoms with Gasteiger partial charge in [-0.15, -0.1) is 0 Å². The molecule has 1 aromatic heterocycles. The number of ether oxygens (including phenoxy) is 1. The summed E-state index contributed by atoms with van der Waals surface area (Å²) in [5.41, 5.74) is -3.22. The van der Waals surface area contributed by atoms with E-state index in [0.717, 1.165) is 5.39 Å². The number of aromatic nitrogens is 2. The predicted molar refractivity (Wildman–Crippen MR) is 108 cm³/mol. The molecule has 0 saturated carbocycles. The minimum atomic E-state index is -4.30. The summed E-state index contributed by atoms with van der Waals surface area (Å²) in [6.45, 7) is 0.843. The third kappa shape index (κ3) is 6.57. The molecule has 0 unspecified atom stereocenters. The van der Waals surface area contributed by atoms with Crippen molar-refractivity contribution in [2.24, 2.45) is 0 Å². The van der Waals surface area contributed by atoms with Crippen LogP contribution in [-0.4, -0.2) is 40.1 Å². The number of halogens is 4. The highest BCUT2D eigenvalue weighted by molar-refractivity contribution is 8.00. The molecule has 29 heavy (non-hydrogen) atoms. The minimum Gasteiger partial charge on any atom is -0.492 e. The van der Waals surface area contributed by atoms with E-state index < -0.39 is 11.4 Å². The number of hydrogen-bond acceptors (Lipinski definition) is 4. The van der Waals surface area contributed by atoms with Crippen LogP contribution >= 0.6 is 23.4 Å². The maximum atomic E-state index is 12.1. The first kappa shape index (κ1) is 21.3. The Morgan fingerprint density at radius 1 is 1.21 bits per heavy atom. The van der Waals surface area contributed by atoms with Crippen LogP contribution in [0, 0.1) is 0 Å². The molecule has 1 heterocycles. The van der Waals surface area contributed by atoms with E-state index in [4.69, 9.17) is 16.3 Å². The SMILES string of the molecule is O=C(NCCSC(F)(F)F)c1ccc2nn(CCOc3ccc(Cl)cc3)cc2c1. The lowest BCUT2D eigenvalue weighted by molar-refractivity contribution is -0.0327. The molecule has 1 amide bonds. The number of nitrogens with one attached hydrogen (secondary N) is 1. The fraction of sp³-hybridized carbons (Fsp3) is 0.263. The van der Waals surface area contributed by atoms with Crippen molar-refractivity contribution in [3.05, 3.63) is 59.2 Å². The van der Waals surface area contributed by atoms with Gasteiger partial charge in [-0.05, 0) is 54.2 Å². The van der Waals surface area contributed by atoms with Gasteiger partial charge in [0, 0.05) is 34.5 Å². The maximum Gasteiger partial charge on any atom is 0.441 e. The van der Waals surface area contributed by atoms with Gasteiger partial charge in [-0.1, -0.05) is 11.6 Å². The number of carbonyl (C=O) groups excluding carboxylic acids is 1. The van der Waals surface area contributed by atoms with E-state index in [1.807, 2.05) is 0 Å². The second-order valence-electron chi connectivity index (χ2n) is 6.02. The largest absolute Gasteiger partial charge is 0.492 e. The molecule has 0 saturated heterocycles. The number of benzene rings is 2. The Bertz CT molecular complexity index is 977. The summed E-state index contributed by atoms with van der Waals surface area (Å²) in [5.74, 6) is 0.0468. The Balaban J connectivity index is 1.53. The Kier molecular flexibility index (Phi) is 6.92. The lowest BCUT2D eigenvalue weighted by atomic mass is 10.1. The van der Waals surface area contributed by atoms with E-state index in [2.05, 4.69) is 10.4 Å². The number of alkyl halides is 3. The van der Waals surface area contributed by atoms with Gasteiger partial charge in [0.2, 0.25) is 0 Å². The third-order valence-corrected chi connectivity index (χ3v) is 4.86. The molecule has 0 aliphatic rings. The molecule has 0 radical (unpaired) electrons. The van der Waals surface area contributed by atoms with E-state index in [1.54, 1.807) is 53.3 Å². The van der Waals surface area contributed by atoms with Crippen LogP contribution in [0.1, 0.15) is 10.4 Å². The summed E-state index contributed by atoms with van der Waals surface area (Å²) < 4.78 is 43.7. The summed E-state index contributed by atoms with van der Waals surface area (Å²) in [6, 6.07) is 12.0. The third-order valence-electron chi connectivity index (χ3n) is 3.87. The van der Waals surface area contributed by atoms with Gasteiger partial charge < -0.3 is 10.1 Å². The maximum absolute atomic E-state index is 12.1. The summed E-state index contributed by atoms with van der Waals surface area (Å²) in [5, 5.41) is 8.29. The van der Waals surface area contributed by atoms with Crippen LogP contribution in [-0.2, 0) is 6.54 Å². The average Bonchev–Trinajstić information content (AvgIpc) is 3.08. The van der Waals surface area contributed by atoms with Crippen molar-refractivity contribution in [2.75, 3.05) is 18.9 Å². The highest BCUT2D eigenvalue weighted by Crippen LogP contribution is 2.29. The standard InChI is InChI=1S/C19H17ClF3N3O2S/c20-15-2-4-16(5-3-15)28-9-8-26-12-14-11-13(1-6-17(14)25-26)18(27)24-7-10-29-19(21,22)23/h1-6,11-12H,7-10H2,(H,24,27). The molecule has 0 spiro atoms. The zero-order valence-corrected chi connectivity index (χ0v) is 16.7. The number of rotatable bonds is 8. The molecule has 1 N–H and O–H groups in total. The number of fused-ring (bicyclic) bond motifs is 1. The van der Waals surface area contributed by atoms with Gasteiger partial charge in [-0.25, -0.2) is 0 Å². The van der Waals surface area contributed by atoms with Gasteiger partial charge in [-0.3, -0.25) is 9.48 Å². The smallest absolute Gasteiger partial charge is 0.441 e. The highest BCUT2D eigenvalue weighted by atomic mass is 35.5. The second kappa shape index (κ2) is 9.41. The molecule has 5 nitrogen and oxygen atoms in total. The van der Waals surface area contributed by atoms with E-state index in [9.17, 15) is 18.0 Å². The number of carbonyl (C=O) groups is 1. The summed E-state index contributed by atoms with van der Waals surface area (Å²) in [7, 11) is 0. The first-order valence-electron chi connectivity index (χ1n) is 8.65. The van der Waals surface area contributed by atoms with Crippen LogP contribution in [0.2, 0.25) is 5.02 Å². The zero-order valence-electron chi connectivity index (χ0n) is 15.1. The van der Waals surface area contributed by atoms with Crippen LogP contribution in [0.3, 0.4) is 0 Å². The van der Waals surface area contributed by atoms with Crippen molar-refractivity contribution >= 4 is 40.2 Å². The van der Waals surface area contributed by atoms with Crippen molar-refractivity contribution in [1.82, 2.24) is 15.1 Å². The fourth-order valence-corrected chi connectivity index (χ4v) is 3.12. The van der Waals surface area contributed by atoms with Gasteiger partial charge in [-0.2, -0.15) is 18.3 Å². The Morgan fingerprint density at radius 2 is 1.97 bits per heavy atom. The Hall–Kier alpha value is -2.39. The lowest BCUT2D eigenvalue weighted by Crippen LogP contribution is -2.26. The van der Waals surface area contributed by atoms with Gasteiger partial charge in [0.15, 0.2) is 0 Å². The first-order chi connectivity index (χ1) is 13.8. The van der Waals surface area contributed by atoms with E-state index in [1.165, 1.54) is 0 Å². The van der Waals surface area contributed by atoms with E-state index in [-0.39, 0.29) is 24.1 Å². The predicted octanol–water partition coefficient (Wildman–Crippen LogP) is 4.75. The summed E-state index contributed by atoms with van der Waals surface area (Å²) in [4.78, 5) is 12.1. The summed E-state index contributed by atoms with van der Waals surface area (Å²) in [6.07, 6.45) is 1.79. The zero-order chi connectivity index (χ0) is 20.9. The van der Waals surface area contributed by atoms with Crippen molar-refractivity contribution < 1.29 is 22.7 Å². The topological polar surface area (TPSA) is 56.2 Å². The average molecular weight is 444 g/mol. The van der Waals surface area contributed by atoms with Crippen molar-refractivity contribution in [1.29, 1.82) is 0 Å². The van der Waals surface area contributed by atoms with Crippen LogP contribution in [0.25, 0.3) is 10.9 Å². The molecule has 0 fully saturated rings. The highest BCUT2D eigenvalue weighted by Gasteiger charge is 2.27. The lowest BCUT2D eigenvalue weighted by Gasteiger charge is -2.07. The Labute approximate surface area is 174 Å². The molecule has 0 atom stereocenters. The minimum absolute atomic E-state index is 0.0671. The molecular weight excluding hydrogens is 427 g/mol. The van der Waals surface area contributed by atoms with Gasteiger partial charge >= 0.3 is 5.51 Å². The van der Waals surface area contributed by atoms with Gasteiger partial charge in [0.05, 0.1) is 12.1 Å². The van der Waals surface area contributed by atoms with Crippen molar-refractivity contribution in [3.63, 3.8) is 0 Å². The van der Waals surface area contributed by atoms with E-state index >= 15 is 0 Å². The molecule has 0 bridgehead atoms. The molecule has 0 aliphatic carbocycles. The number of hydrogen-bond donors (Lipinski definition) is 1. The normalized spacial score (nSPS) is 11.6. The second-order valence-corrected chi connectivity index (χ2v) is 7.61. The number of amides is 1. The monoisotopic (exact) mass is 443 g/mol. The van der Waals surface area contributed by atoms with E-state index in [0.29, 0.717) is 35.0 Å². The molecule has 3 aromatic rings. The molecular formula is C19H17ClF3N3O2S. The Morgan fingerprint density at radius 3 is 2.69 bits per heavy atom. The first-order valence-corrected chi connectivity index (χ1v) is 10.0. The van der Waals surface area contributed by atoms with Crippen molar-refractivity contribution in [2.45, 2.75) is 12.1 Å². The fourth-order valence-electron chi connectivity index (χ4n) is 2.55. The van der Waals surface area contributed by atoms with Crippen LogP contribution in [0.15, 0.2) is 48.7 Å². The number of nitrogens with zero attached hydrogens (tertiary/aromatic N) is 2. The molecule has 154 valence electrons. The molecule has 0 aliphatic heterocycles. The molecule has 3 rings (SSSR count). The van der Waals surface area contributed by atoms with Gasteiger partial charge in [0.25, 0.3) is 5.91 Å². The quantitative estimate of drug-likeness (QED) is 0.510. The summed E-state index contributed by atoms with van der Waals surface area (Å²) >= 11 is 5.67. The van der Waals surface area contributed by atoms with Crippen molar-refractivity contribution in [3.8, 4) is 5.75 Å². The van der Waals surface area contributed by atoms with Crippen LogP contribution in [0.4, 0.5) is 13.2 Å². The number of thioether (sulfide) groups is 1. The molecule has 2 aromatic carbocycles. The van der Waals surface area contributed by atoms with Crippen LogP contribution < -0.4 is 10.1 Å². The molecule has 10 heteroatoms. The van der Waals surface area contributed by atoms with Crippen LogP contribution in [0.5, 0.6) is 5.75 Å². The van der Waals surface area contributed by atoms with Gasteiger partial charge in [0.1, 0.15) is 12.4 Å².